The van der Waals surface area contributed by atoms with Crippen LogP contribution in [0.3, 0.4) is 0 Å². The first-order valence-electron chi connectivity index (χ1n) is 9.42. The second-order valence-corrected chi connectivity index (χ2v) is 7.17. The number of amides is 1. The van der Waals surface area contributed by atoms with Gasteiger partial charge in [0, 0.05) is 25.3 Å². The molecule has 26 heavy (non-hydrogen) atoms. The lowest BCUT2D eigenvalue weighted by molar-refractivity contribution is -0.141. The minimum Gasteiger partial charge on any atom is -0.480 e. The van der Waals surface area contributed by atoms with Crippen molar-refractivity contribution in [3.63, 3.8) is 0 Å². The van der Waals surface area contributed by atoms with Crippen LogP contribution in [0.15, 0.2) is 12.1 Å². The van der Waals surface area contributed by atoms with Crippen molar-refractivity contribution in [1.82, 2.24) is 10.3 Å². The SMILES string of the molecule is O=CNC(CCOC1CC(CCc2ccc3c(n2)NCCC3)C1)C(=O)O. The third-order valence-corrected chi connectivity index (χ3v) is 5.28. The minimum absolute atomic E-state index is 0.212. The molecular formula is C19H27N3O4. The summed E-state index contributed by atoms with van der Waals surface area (Å²) >= 11 is 0. The van der Waals surface area contributed by atoms with Gasteiger partial charge in [-0.1, -0.05) is 6.07 Å². The molecule has 7 nitrogen and oxygen atoms in total. The topological polar surface area (TPSA) is 101 Å². The predicted octanol–water partition coefficient (Wildman–Crippen LogP) is 1.76. The zero-order valence-corrected chi connectivity index (χ0v) is 14.9. The van der Waals surface area contributed by atoms with Crippen molar-refractivity contribution < 1.29 is 19.4 Å². The molecule has 1 aliphatic heterocycles. The fourth-order valence-electron chi connectivity index (χ4n) is 3.62. The molecule has 0 aromatic carbocycles. The van der Waals surface area contributed by atoms with Crippen molar-refractivity contribution in [2.45, 2.75) is 57.1 Å². The summed E-state index contributed by atoms with van der Waals surface area (Å²) in [4.78, 5) is 26.0. The van der Waals surface area contributed by atoms with Crippen LogP contribution in [-0.2, 0) is 27.2 Å². The monoisotopic (exact) mass is 361 g/mol. The normalized spacial score (nSPS) is 22.5. The second-order valence-electron chi connectivity index (χ2n) is 7.17. The lowest BCUT2D eigenvalue weighted by atomic mass is 9.79. The quantitative estimate of drug-likeness (QED) is 0.549. The number of rotatable bonds is 10. The number of carbonyl (C=O) groups is 2. The Bertz CT molecular complexity index is 631. The number of pyridine rings is 1. The average Bonchev–Trinajstić information content (AvgIpc) is 2.61. The predicted molar refractivity (Wildman–Crippen MR) is 97.1 cm³/mol. The van der Waals surface area contributed by atoms with Gasteiger partial charge in [0.1, 0.15) is 11.9 Å². The highest BCUT2D eigenvalue weighted by molar-refractivity contribution is 5.76. The van der Waals surface area contributed by atoms with E-state index in [0.29, 0.717) is 25.4 Å². The number of fused-ring (bicyclic) bond motifs is 1. The maximum atomic E-state index is 10.9. The Kier molecular flexibility index (Phi) is 6.44. The number of nitrogens with one attached hydrogen (secondary N) is 2. The summed E-state index contributed by atoms with van der Waals surface area (Å²) in [6, 6.07) is 3.47. The summed E-state index contributed by atoms with van der Waals surface area (Å²) in [5, 5.41) is 14.6. The van der Waals surface area contributed by atoms with Crippen molar-refractivity contribution in [3.05, 3.63) is 23.4 Å². The van der Waals surface area contributed by atoms with Crippen LogP contribution in [0.4, 0.5) is 5.82 Å². The maximum Gasteiger partial charge on any atom is 0.326 e. The molecule has 1 saturated carbocycles. The molecule has 1 aromatic rings. The minimum atomic E-state index is -1.03. The number of carboxylic acid groups (broad SMARTS) is 1. The van der Waals surface area contributed by atoms with Crippen molar-refractivity contribution in [2.24, 2.45) is 5.92 Å². The van der Waals surface area contributed by atoms with Gasteiger partial charge in [-0.3, -0.25) is 4.79 Å². The molecular weight excluding hydrogens is 334 g/mol. The lowest BCUT2D eigenvalue weighted by Gasteiger charge is -2.35. The van der Waals surface area contributed by atoms with Crippen LogP contribution in [0.1, 0.15) is 43.4 Å². The summed E-state index contributed by atoms with van der Waals surface area (Å²) in [6.07, 6.45) is 7.34. The number of ether oxygens (including phenoxy) is 1. The number of aromatic nitrogens is 1. The third kappa shape index (κ3) is 4.94. The lowest BCUT2D eigenvalue weighted by Crippen LogP contribution is -2.38. The van der Waals surface area contributed by atoms with Gasteiger partial charge in [-0.05, 0) is 56.1 Å². The molecule has 0 saturated heterocycles. The number of anilines is 1. The van der Waals surface area contributed by atoms with Crippen molar-refractivity contribution >= 4 is 18.2 Å². The van der Waals surface area contributed by atoms with Crippen LogP contribution in [0.2, 0.25) is 0 Å². The fourth-order valence-corrected chi connectivity index (χ4v) is 3.62. The molecule has 1 aliphatic carbocycles. The first-order chi connectivity index (χ1) is 12.7. The highest BCUT2D eigenvalue weighted by Gasteiger charge is 2.30. The van der Waals surface area contributed by atoms with Gasteiger partial charge in [-0.2, -0.15) is 0 Å². The molecule has 1 amide bonds. The van der Waals surface area contributed by atoms with Gasteiger partial charge in [0.15, 0.2) is 0 Å². The summed E-state index contributed by atoms with van der Waals surface area (Å²) in [5.41, 5.74) is 2.47. The van der Waals surface area contributed by atoms with Crippen LogP contribution < -0.4 is 10.6 Å². The number of aryl methyl sites for hydroxylation is 2. The number of hydrogen-bond acceptors (Lipinski definition) is 5. The van der Waals surface area contributed by atoms with Gasteiger partial charge in [0.25, 0.3) is 0 Å². The first kappa shape index (κ1) is 18.6. The van der Waals surface area contributed by atoms with E-state index in [1.54, 1.807) is 0 Å². The molecule has 0 radical (unpaired) electrons. The van der Waals surface area contributed by atoms with E-state index in [4.69, 9.17) is 14.8 Å². The molecule has 2 heterocycles. The van der Waals surface area contributed by atoms with Gasteiger partial charge in [-0.15, -0.1) is 0 Å². The summed E-state index contributed by atoms with van der Waals surface area (Å²) in [5.74, 6) is 0.675. The molecule has 1 unspecified atom stereocenters. The third-order valence-electron chi connectivity index (χ3n) is 5.28. The van der Waals surface area contributed by atoms with Gasteiger partial charge in [-0.25, -0.2) is 9.78 Å². The molecule has 1 aromatic heterocycles. The van der Waals surface area contributed by atoms with E-state index >= 15 is 0 Å². The van der Waals surface area contributed by atoms with Gasteiger partial charge >= 0.3 is 5.97 Å². The Balaban J connectivity index is 1.32. The van der Waals surface area contributed by atoms with Crippen molar-refractivity contribution in [3.8, 4) is 0 Å². The molecule has 1 atom stereocenters. The number of hydrogen-bond donors (Lipinski definition) is 3. The first-order valence-corrected chi connectivity index (χ1v) is 9.42. The Hall–Kier alpha value is -2.15. The van der Waals surface area contributed by atoms with Gasteiger partial charge in [0.2, 0.25) is 6.41 Å². The zero-order valence-electron chi connectivity index (χ0n) is 14.9. The molecule has 3 rings (SSSR count). The number of aliphatic carboxylic acids is 1. The van der Waals surface area contributed by atoms with Crippen LogP contribution in [-0.4, -0.2) is 47.8 Å². The van der Waals surface area contributed by atoms with E-state index in [2.05, 4.69) is 22.8 Å². The maximum absolute atomic E-state index is 10.9. The summed E-state index contributed by atoms with van der Waals surface area (Å²) in [7, 11) is 0. The number of nitrogens with zero attached hydrogens (tertiary/aromatic N) is 1. The fraction of sp³-hybridized carbons (Fsp3) is 0.632. The van der Waals surface area contributed by atoms with Crippen molar-refractivity contribution in [1.29, 1.82) is 0 Å². The van der Waals surface area contributed by atoms with Crippen LogP contribution in [0.25, 0.3) is 0 Å². The Morgan fingerprint density at radius 2 is 2.31 bits per heavy atom. The Morgan fingerprint density at radius 1 is 1.46 bits per heavy atom. The van der Waals surface area contributed by atoms with E-state index in [-0.39, 0.29) is 6.10 Å². The smallest absolute Gasteiger partial charge is 0.326 e. The molecule has 1 fully saturated rings. The van der Waals surface area contributed by atoms with E-state index in [1.165, 1.54) is 12.0 Å². The van der Waals surface area contributed by atoms with Gasteiger partial charge < -0.3 is 20.5 Å². The van der Waals surface area contributed by atoms with Crippen LogP contribution in [0.5, 0.6) is 0 Å². The van der Waals surface area contributed by atoms with Gasteiger partial charge in [0.05, 0.1) is 6.10 Å². The molecule has 0 bridgehead atoms. The highest BCUT2D eigenvalue weighted by Crippen LogP contribution is 2.34. The second kappa shape index (κ2) is 8.98. The summed E-state index contributed by atoms with van der Waals surface area (Å²) in [6.45, 7) is 1.36. The van der Waals surface area contributed by atoms with E-state index in [0.717, 1.165) is 50.2 Å². The van der Waals surface area contributed by atoms with Crippen molar-refractivity contribution in [2.75, 3.05) is 18.5 Å². The van der Waals surface area contributed by atoms with E-state index in [9.17, 15) is 9.59 Å². The molecule has 2 aliphatic rings. The molecule has 0 spiro atoms. The number of carbonyl (C=O) groups excluding carboxylic acids is 1. The number of carboxylic acids is 1. The molecule has 142 valence electrons. The van der Waals surface area contributed by atoms with Crippen LogP contribution in [0, 0.1) is 5.92 Å². The standard InChI is InChI=1S/C19H27N3O4/c23-12-21-17(19(24)25)7-9-26-16-10-13(11-16)3-5-15-6-4-14-2-1-8-20-18(14)22-15/h4,6,12-13,16-17H,1-3,5,7-11H2,(H,20,22)(H,21,23)(H,24,25). The molecule has 3 N–H and O–H groups in total. The largest absolute Gasteiger partial charge is 0.480 e. The summed E-state index contributed by atoms with van der Waals surface area (Å²) < 4.78 is 5.72. The highest BCUT2D eigenvalue weighted by atomic mass is 16.5. The Morgan fingerprint density at radius 3 is 3.08 bits per heavy atom. The zero-order chi connectivity index (χ0) is 18.4. The molecule has 7 heteroatoms. The van der Waals surface area contributed by atoms with E-state index < -0.39 is 12.0 Å². The Labute approximate surface area is 153 Å². The average molecular weight is 361 g/mol. The van der Waals surface area contributed by atoms with E-state index in [1.807, 2.05) is 0 Å². The van der Waals surface area contributed by atoms with Crippen LogP contribution >= 0.6 is 0 Å².